The van der Waals surface area contributed by atoms with E-state index in [0.717, 1.165) is 35.4 Å². The minimum atomic E-state index is -0.159. The number of thiophene rings is 1. The van der Waals surface area contributed by atoms with Gasteiger partial charge in [-0.3, -0.25) is 9.69 Å². The van der Waals surface area contributed by atoms with Gasteiger partial charge in [0.05, 0.1) is 25.9 Å². The number of amides is 1. The number of nitrogens with one attached hydrogen (secondary N) is 1. The van der Waals surface area contributed by atoms with Gasteiger partial charge in [-0.05, 0) is 25.5 Å². The van der Waals surface area contributed by atoms with Crippen molar-refractivity contribution < 1.29 is 14.3 Å². The maximum Gasteiger partial charge on any atom is 0.262 e. The van der Waals surface area contributed by atoms with Crippen molar-refractivity contribution in [2.24, 2.45) is 0 Å². The molecule has 0 bridgehead atoms. The van der Waals surface area contributed by atoms with Crippen molar-refractivity contribution in [3.05, 3.63) is 64.7 Å². The van der Waals surface area contributed by atoms with Crippen LogP contribution in [-0.2, 0) is 16.1 Å². The molecule has 6 nitrogen and oxygen atoms in total. The molecule has 0 spiro atoms. The zero-order chi connectivity index (χ0) is 21.6. The Bertz CT molecular complexity index is 1010. The van der Waals surface area contributed by atoms with Crippen LogP contribution in [0.2, 0.25) is 0 Å². The Kier molecular flexibility index (Phi) is 7.29. The van der Waals surface area contributed by atoms with Gasteiger partial charge in [0.15, 0.2) is 0 Å². The molecule has 1 N–H and O–H groups in total. The van der Waals surface area contributed by atoms with E-state index in [1.165, 1.54) is 16.9 Å². The molecule has 1 aliphatic heterocycles. The van der Waals surface area contributed by atoms with Crippen LogP contribution in [0.15, 0.2) is 48.7 Å². The van der Waals surface area contributed by atoms with E-state index < -0.39 is 0 Å². The molecule has 164 valence electrons. The van der Waals surface area contributed by atoms with Gasteiger partial charge in [-0.25, -0.2) is 4.98 Å². The molecule has 31 heavy (non-hydrogen) atoms. The maximum absolute atomic E-state index is 12.9. The summed E-state index contributed by atoms with van der Waals surface area (Å²) < 4.78 is 12.0. The Hall–Kier alpha value is -2.32. The summed E-state index contributed by atoms with van der Waals surface area (Å²) in [6, 6.07) is 14.2. The van der Waals surface area contributed by atoms with Gasteiger partial charge in [0.1, 0.15) is 9.71 Å². The summed E-state index contributed by atoms with van der Waals surface area (Å²) in [5.41, 5.74) is 2.14. The molecule has 0 radical (unpaired) electrons. The highest BCUT2D eigenvalue weighted by Gasteiger charge is 2.30. The van der Waals surface area contributed by atoms with Gasteiger partial charge < -0.3 is 14.8 Å². The first-order valence-corrected chi connectivity index (χ1v) is 11.6. The molecule has 1 saturated heterocycles. The van der Waals surface area contributed by atoms with Crippen molar-refractivity contribution in [1.29, 1.82) is 0 Å². The zero-order valence-corrected chi connectivity index (χ0v) is 18.9. The highest BCUT2D eigenvalue weighted by Crippen LogP contribution is 2.37. The quantitative estimate of drug-likeness (QED) is 0.537. The molecular formula is C24H29N3O3S. The third kappa shape index (κ3) is 5.49. The van der Waals surface area contributed by atoms with Crippen molar-refractivity contribution in [2.75, 3.05) is 32.8 Å². The van der Waals surface area contributed by atoms with Crippen LogP contribution in [0.3, 0.4) is 0 Å². The van der Waals surface area contributed by atoms with E-state index in [1.54, 1.807) is 6.20 Å². The molecule has 2 aromatic heterocycles. The van der Waals surface area contributed by atoms with E-state index in [0.29, 0.717) is 24.7 Å². The largest absolute Gasteiger partial charge is 0.375 e. The number of fused-ring (bicyclic) bond motifs is 1. The number of pyridine rings is 1. The van der Waals surface area contributed by atoms with Crippen LogP contribution in [-0.4, -0.2) is 54.7 Å². The molecule has 4 rings (SSSR count). The third-order valence-electron chi connectivity index (χ3n) is 5.27. The fourth-order valence-electron chi connectivity index (χ4n) is 3.81. The molecule has 1 fully saturated rings. The van der Waals surface area contributed by atoms with Crippen LogP contribution in [0.1, 0.15) is 40.8 Å². The smallest absolute Gasteiger partial charge is 0.262 e. The summed E-state index contributed by atoms with van der Waals surface area (Å²) in [5, 5.41) is 4.03. The number of benzene rings is 1. The van der Waals surface area contributed by atoms with E-state index >= 15 is 0 Å². The average Bonchev–Trinajstić information content (AvgIpc) is 3.17. The number of nitrogens with zero attached hydrogens (tertiary/aromatic N) is 2. The fraction of sp³-hybridized carbons (Fsp3) is 0.417. The van der Waals surface area contributed by atoms with Crippen LogP contribution in [0, 0.1) is 0 Å². The fourth-order valence-corrected chi connectivity index (χ4v) is 4.90. The summed E-state index contributed by atoms with van der Waals surface area (Å²) in [4.78, 5) is 21.3. The molecule has 1 aliphatic rings. The van der Waals surface area contributed by atoms with Crippen LogP contribution < -0.4 is 5.32 Å². The molecule has 7 heteroatoms. The number of ether oxygens (including phenoxy) is 2. The molecule has 1 aromatic carbocycles. The molecule has 0 saturated carbocycles. The minimum Gasteiger partial charge on any atom is -0.375 e. The third-order valence-corrected chi connectivity index (χ3v) is 6.39. The minimum absolute atomic E-state index is 0.0556. The van der Waals surface area contributed by atoms with Gasteiger partial charge in [0.2, 0.25) is 0 Å². The summed E-state index contributed by atoms with van der Waals surface area (Å²) in [6.07, 6.45) is 1.61. The lowest BCUT2D eigenvalue weighted by Crippen LogP contribution is -2.40. The first-order valence-electron chi connectivity index (χ1n) is 10.8. The molecule has 1 amide bonds. The number of morpholine rings is 1. The highest BCUT2D eigenvalue weighted by molar-refractivity contribution is 7.20. The normalized spacial score (nSPS) is 17.3. The molecule has 0 unspecified atom stereocenters. The number of carbonyl (C=O) groups is 1. The number of hydrogen-bond donors (Lipinski definition) is 1. The van der Waals surface area contributed by atoms with Crippen molar-refractivity contribution >= 4 is 27.5 Å². The topological polar surface area (TPSA) is 63.7 Å². The second-order valence-corrected chi connectivity index (χ2v) is 9.03. The standard InChI is InChI=1S/C24H29N3O3S/c1-17(2)26-23(28)22-21(19-9-6-10-25-24(19)31-22)20-15-27(12-14-30-20)11-13-29-16-18-7-4-3-5-8-18/h3-10,17,20H,11-16H2,1-2H3,(H,26,28)/t20-/m0/s1. The second-order valence-electron chi connectivity index (χ2n) is 8.03. The number of rotatable bonds is 8. The summed E-state index contributed by atoms with van der Waals surface area (Å²) in [5.74, 6) is -0.0556. The zero-order valence-electron chi connectivity index (χ0n) is 18.0. The lowest BCUT2D eigenvalue weighted by Gasteiger charge is -2.33. The maximum atomic E-state index is 12.9. The summed E-state index contributed by atoms with van der Waals surface area (Å²) >= 11 is 1.44. The highest BCUT2D eigenvalue weighted by atomic mass is 32.1. The summed E-state index contributed by atoms with van der Waals surface area (Å²) in [6.45, 7) is 8.28. The number of carbonyl (C=O) groups excluding carboxylic acids is 1. The molecule has 0 aliphatic carbocycles. The Morgan fingerprint density at radius 1 is 1.29 bits per heavy atom. The Morgan fingerprint density at radius 2 is 2.13 bits per heavy atom. The molecule has 3 aromatic rings. The Morgan fingerprint density at radius 3 is 2.94 bits per heavy atom. The van der Waals surface area contributed by atoms with E-state index in [2.05, 4.69) is 27.3 Å². The van der Waals surface area contributed by atoms with E-state index in [9.17, 15) is 4.79 Å². The van der Waals surface area contributed by atoms with E-state index in [4.69, 9.17) is 9.47 Å². The van der Waals surface area contributed by atoms with Gasteiger partial charge in [0, 0.05) is 42.8 Å². The molecule has 1 atom stereocenters. The Balaban J connectivity index is 1.44. The predicted octanol–water partition coefficient (Wildman–Crippen LogP) is 4.02. The van der Waals surface area contributed by atoms with Gasteiger partial charge in [-0.15, -0.1) is 11.3 Å². The van der Waals surface area contributed by atoms with Crippen LogP contribution >= 0.6 is 11.3 Å². The average molecular weight is 440 g/mol. The van der Waals surface area contributed by atoms with Gasteiger partial charge in [-0.1, -0.05) is 36.4 Å². The van der Waals surface area contributed by atoms with Crippen molar-refractivity contribution in [3.63, 3.8) is 0 Å². The van der Waals surface area contributed by atoms with Crippen molar-refractivity contribution in [3.8, 4) is 0 Å². The Labute approximate surface area is 187 Å². The summed E-state index contributed by atoms with van der Waals surface area (Å²) in [7, 11) is 0. The molecule has 3 heterocycles. The monoisotopic (exact) mass is 439 g/mol. The van der Waals surface area contributed by atoms with Crippen molar-refractivity contribution in [2.45, 2.75) is 32.6 Å². The lowest BCUT2D eigenvalue weighted by molar-refractivity contribution is -0.0381. The predicted molar refractivity (Wildman–Crippen MR) is 123 cm³/mol. The van der Waals surface area contributed by atoms with E-state index in [-0.39, 0.29) is 18.1 Å². The van der Waals surface area contributed by atoms with Gasteiger partial charge in [0.25, 0.3) is 5.91 Å². The van der Waals surface area contributed by atoms with Crippen LogP contribution in [0.4, 0.5) is 0 Å². The number of aromatic nitrogens is 1. The first kappa shape index (κ1) is 21.9. The van der Waals surface area contributed by atoms with Crippen molar-refractivity contribution in [1.82, 2.24) is 15.2 Å². The first-order chi connectivity index (χ1) is 15.1. The second kappa shape index (κ2) is 10.3. The SMILES string of the molecule is CC(C)NC(=O)c1sc2ncccc2c1[C@@H]1CN(CCOCc2ccccc2)CCO1. The lowest BCUT2D eigenvalue weighted by atomic mass is 10.0. The van der Waals surface area contributed by atoms with Gasteiger partial charge in [-0.2, -0.15) is 0 Å². The van der Waals surface area contributed by atoms with Gasteiger partial charge >= 0.3 is 0 Å². The van der Waals surface area contributed by atoms with Crippen LogP contribution in [0.25, 0.3) is 10.2 Å². The van der Waals surface area contributed by atoms with E-state index in [1.807, 2.05) is 44.2 Å². The van der Waals surface area contributed by atoms with Crippen LogP contribution in [0.5, 0.6) is 0 Å². The molecular weight excluding hydrogens is 410 g/mol. The number of hydrogen-bond acceptors (Lipinski definition) is 6.